The molecule has 0 aliphatic rings. The Balaban J connectivity index is 1.66. The fourth-order valence-electron chi connectivity index (χ4n) is 2.33. The number of aromatic nitrogens is 3. The van der Waals surface area contributed by atoms with Gasteiger partial charge in [0.05, 0.1) is 11.6 Å². The minimum atomic E-state index is -0.168. The molecule has 4 aromatic rings. The maximum Gasteiger partial charge on any atom is 0.262 e. The summed E-state index contributed by atoms with van der Waals surface area (Å²) in [6.07, 6.45) is 3.12. The number of fused-ring (bicyclic) bond motifs is 1. The normalized spacial score (nSPS) is 11.2. The standard InChI is InChI=1S/C16H10ClN3O3/c17-11-3-1-2-10(8-11)15-19-18-14(23-15)9-20-6-4-13-12(16(20)21)5-7-22-13/h1-8H,9H2. The lowest BCUT2D eigenvalue weighted by molar-refractivity contribution is 0.485. The number of furan rings is 1. The molecule has 6 nitrogen and oxygen atoms in total. The Morgan fingerprint density at radius 2 is 2.09 bits per heavy atom. The molecule has 3 heterocycles. The van der Waals surface area contributed by atoms with Gasteiger partial charge in [0.2, 0.25) is 11.8 Å². The SMILES string of the molecule is O=c1c2ccoc2ccn1Cc1nnc(-c2cccc(Cl)c2)o1. The lowest BCUT2D eigenvalue weighted by atomic mass is 10.2. The molecule has 23 heavy (non-hydrogen) atoms. The second-order valence-electron chi connectivity index (χ2n) is 4.96. The number of pyridine rings is 1. The molecule has 0 spiro atoms. The van der Waals surface area contributed by atoms with Crippen LogP contribution in [0.25, 0.3) is 22.4 Å². The summed E-state index contributed by atoms with van der Waals surface area (Å²) in [6, 6.07) is 10.5. The highest BCUT2D eigenvalue weighted by atomic mass is 35.5. The maximum atomic E-state index is 12.3. The van der Waals surface area contributed by atoms with Gasteiger partial charge in [-0.15, -0.1) is 10.2 Å². The number of rotatable bonds is 3. The smallest absolute Gasteiger partial charge is 0.262 e. The van der Waals surface area contributed by atoms with Crippen LogP contribution in [0.15, 0.2) is 62.5 Å². The Morgan fingerprint density at radius 1 is 1.17 bits per heavy atom. The fourth-order valence-corrected chi connectivity index (χ4v) is 2.52. The van der Waals surface area contributed by atoms with Crippen LogP contribution in [-0.4, -0.2) is 14.8 Å². The first-order chi connectivity index (χ1) is 11.2. The predicted octanol–water partition coefficient (Wildman–Crippen LogP) is 3.35. The molecule has 0 fully saturated rings. The zero-order valence-electron chi connectivity index (χ0n) is 11.8. The Bertz CT molecular complexity index is 1050. The monoisotopic (exact) mass is 327 g/mol. The van der Waals surface area contributed by atoms with Crippen LogP contribution < -0.4 is 5.56 Å². The van der Waals surface area contributed by atoms with Gasteiger partial charge in [0.15, 0.2) is 0 Å². The molecule has 0 unspecified atom stereocenters. The maximum absolute atomic E-state index is 12.3. The predicted molar refractivity (Wildman–Crippen MR) is 84.3 cm³/mol. The van der Waals surface area contributed by atoms with E-state index in [1.807, 2.05) is 6.07 Å². The van der Waals surface area contributed by atoms with Crippen LogP contribution in [0.4, 0.5) is 0 Å². The zero-order valence-corrected chi connectivity index (χ0v) is 12.5. The Morgan fingerprint density at radius 3 is 2.96 bits per heavy atom. The van der Waals surface area contributed by atoms with E-state index in [1.165, 1.54) is 10.8 Å². The van der Waals surface area contributed by atoms with Crippen molar-refractivity contribution in [3.63, 3.8) is 0 Å². The Kier molecular flexibility index (Phi) is 3.24. The molecule has 0 saturated carbocycles. The van der Waals surface area contributed by atoms with Crippen molar-refractivity contribution in [2.75, 3.05) is 0 Å². The molecule has 0 N–H and O–H groups in total. The summed E-state index contributed by atoms with van der Waals surface area (Å²) in [5.74, 6) is 0.699. The van der Waals surface area contributed by atoms with Crippen LogP contribution in [0.2, 0.25) is 5.02 Å². The van der Waals surface area contributed by atoms with Gasteiger partial charge in [-0.3, -0.25) is 4.79 Å². The van der Waals surface area contributed by atoms with Crippen LogP contribution in [0.1, 0.15) is 5.89 Å². The van der Waals surface area contributed by atoms with Crippen molar-refractivity contribution in [3.8, 4) is 11.5 Å². The minimum Gasteiger partial charge on any atom is -0.464 e. The summed E-state index contributed by atoms with van der Waals surface area (Å²) in [5, 5.41) is 9.08. The summed E-state index contributed by atoms with van der Waals surface area (Å²) in [5.41, 5.74) is 1.11. The van der Waals surface area contributed by atoms with E-state index >= 15 is 0 Å². The molecule has 0 aliphatic heterocycles. The quantitative estimate of drug-likeness (QED) is 0.577. The molecular formula is C16H10ClN3O3. The van der Waals surface area contributed by atoms with E-state index in [4.69, 9.17) is 20.4 Å². The van der Waals surface area contributed by atoms with Crippen molar-refractivity contribution < 1.29 is 8.83 Å². The number of hydrogen-bond acceptors (Lipinski definition) is 5. The molecule has 0 atom stereocenters. The van der Waals surface area contributed by atoms with Crippen molar-refractivity contribution >= 4 is 22.6 Å². The van der Waals surface area contributed by atoms with E-state index < -0.39 is 0 Å². The molecule has 3 aromatic heterocycles. The van der Waals surface area contributed by atoms with Crippen LogP contribution in [0, 0.1) is 0 Å². The first-order valence-corrected chi connectivity index (χ1v) is 7.23. The van der Waals surface area contributed by atoms with Crippen LogP contribution in [-0.2, 0) is 6.54 Å². The zero-order chi connectivity index (χ0) is 15.8. The van der Waals surface area contributed by atoms with Crippen molar-refractivity contribution in [1.29, 1.82) is 0 Å². The van der Waals surface area contributed by atoms with E-state index in [2.05, 4.69) is 10.2 Å². The Hall–Kier alpha value is -2.86. The summed E-state index contributed by atoms with van der Waals surface area (Å²) in [6.45, 7) is 0.188. The van der Waals surface area contributed by atoms with Gasteiger partial charge in [-0.1, -0.05) is 17.7 Å². The summed E-state index contributed by atoms with van der Waals surface area (Å²) in [7, 11) is 0. The fraction of sp³-hybridized carbons (Fsp3) is 0.0625. The minimum absolute atomic E-state index is 0.168. The Labute approximate surface area is 134 Å². The number of nitrogens with zero attached hydrogens (tertiary/aromatic N) is 3. The lowest BCUT2D eigenvalue weighted by Crippen LogP contribution is -2.19. The highest BCUT2D eigenvalue weighted by molar-refractivity contribution is 6.30. The van der Waals surface area contributed by atoms with Crippen LogP contribution in [0.5, 0.6) is 0 Å². The van der Waals surface area contributed by atoms with Crippen LogP contribution >= 0.6 is 11.6 Å². The molecule has 0 saturated heterocycles. The molecule has 0 radical (unpaired) electrons. The van der Waals surface area contributed by atoms with Gasteiger partial charge in [0.25, 0.3) is 5.56 Å². The van der Waals surface area contributed by atoms with E-state index in [0.29, 0.717) is 27.8 Å². The molecule has 0 bridgehead atoms. The molecule has 114 valence electrons. The average molecular weight is 328 g/mol. The number of benzene rings is 1. The van der Waals surface area contributed by atoms with E-state index in [1.54, 1.807) is 36.5 Å². The van der Waals surface area contributed by atoms with Crippen molar-refractivity contribution in [1.82, 2.24) is 14.8 Å². The van der Waals surface area contributed by atoms with Gasteiger partial charge in [-0.25, -0.2) is 0 Å². The summed E-state index contributed by atoms with van der Waals surface area (Å²) in [4.78, 5) is 12.3. The second-order valence-corrected chi connectivity index (χ2v) is 5.40. The average Bonchev–Trinajstić information content (AvgIpc) is 3.20. The van der Waals surface area contributed by atoms with Crippen molar-refractivity contribution in [2.24, 2.45) is 0 Å². The first-order valence-electron chi connectivity index (χ1n) is 6.86. The molecule has 4 rings (SSSR count). The molecule has 1 aromatic carbocycles. The largest absolute Gasteiger partial charge is 0.464 e. The van der Waals surface area contributed by atoms with Crippen molar-refractivity contribution in [2.45, 2.75) is 6.54 Å². The third-order valence-corrected chi connectivity index (χ3v) is 3.67. The van der Waals surface area contributed by atoms with Gasteiger partial charge in [-0.2, -0.15) is 0 Å². The van der Waals surface area contributed by atoms with E-state index in [-0.39, 0.29) is 12.1 Å². The molecule has 7 heteroatoms. The molecule has 0 aliphatic carbocycles. The van der Waals surface area contributed by atoms with E-state index in [0.717, 1.165) is 5.56 Å². The number of halogens is 1. The molecule has 0 amide bonds. The van der Waals surface area contributed by atoms with Gasteiger partial charge in [0, 0.05) is 16.8 Å². The van der Waals surface area contributed by atoms with E-state index in [9.17, 15) is 4.79 Å². The van der Waals surface area contributed by atoms with Gasteiger partial charge >= 0.3 is 0 Å². The topological polar surface area (TPSA) is 74.1 Å². The van der Waals surface area contributed by atoms with Gasteiger partial charge in [0.1, 0.15) is 12.1 Å². The highest BCUT2D eigenvalue weighted by Crippen LogP contribution is 2.21. The third kappa shape index (κ3) is 2.53. The van der Waals surface area contributed by atoms with Gasteiger partial charge < -0.3 is 13.4 Å². The number of hydrogen-bond donors (Lipinski definition) is 0. The molecular weight excluding hydrogens is 318 g/mol. The highest BCUT2D eigenvalue weighted by Gasteiger charge is 2.11. The first kappa shape index (κ1) is 13.8. The van der Waals surface area contributed by atoms with Crippen LogP contribution in [0.3, 0.4) is 0 Å². The summed E-state index contributed by atoms with van der Waals surface area (Å²) >= 11 is 5.95. The second kappa shape index (κ2) is 5.40. The third-order valence-electron chi connectivity index (χ3n) is 3.44. The van der Waals surface area contributed by atoms with Crippen molar-refractivity contribution in [3.05, 3.63) is 70.1 Å². The summed E-state index contributed by atoms with van der Waals surface area (Å²) < 4.78 is 12.3. The lowest BCUT2D eigenvalue weighted by Gasteiger charge is -2.01. The van der Waals surface area contributed by atoms with Gasteiger partial charge in [-0.05, 0) is 30.3 Å².